The van der Waals surface area contributed by atoms with Crippen LogP contribution < -0.4 is 5.32 Å². The molecule has 0 aromatic heterocycles. The van der Waals surface area contributed by atoms with Gasteiger partial charge in [-0.1, -0.05) is 28.1 Å². The highest BCUT2D eigenvalue weighted by atomic mass is 79.9. The van der Waals surface area contributed by atoms with Crippen molar-refractivity contribution >= 4 is 15.9 Å². The van der Waals surface area contributed by atoms with Gasteiger partial charge >= 0.3 is 0 Å². The van der Waals surface area contributed by atoms with Crippen LogP contribution in [0.25, 0.3) is 0 Å². The molecular weight excluding hydrogens is 288 g/mol. The van der Waals surface area contributed by atoms with E-state index in [1.54, 1.807) is 0 Å². The number of unbranched alkanes of at least 4 members (excludes halogenated alkanes) is 1. The summed E-state index contributed by atoms with van der Waals surface area (Å²) in [6.07, 6.45) is 4.98. The second kappa shape index (κ2) is 6.69. The van der Waals surface area contributed by atoms with Crippen molar-refractivity contribution in [3.05, 3.63) is 33.8 Å². The Bertz CT molecular complexity index is 390. The maximum atomic E-state index is 3.70. The van der Waals surface area contributed by atoms with Gasteiger partial charge in [-0.15, -0.1) is 0 Å². The minimum atomic E-state index is 0.567. The van der Waals surface area contributed by atoms with Crippen molar-refractivity contribution in [3.8, 4) is 0 Å². The SMILES string of the molecule is CN(C)CCCCNC1CCc2c(Br)cccc21. The molecule has 1 atom stereocenters. The molecule has 1 N–H and O–H groups in total. The highest BCUT2D eigenvalue weighted by Crippen LogP contribution is 2.35. The fourth-order valence-corrected chi connectivity index (χ4v) is 3.23. The van der Waals surface area contributed by atoms with Crippen LogP contribution in [0, 0.1) is 0 Å². The predicted molar refractivity (Wildman–Crippen MR) is 81.0 cm³/mol. The second-order valence-corrected chi connectivity index (χ2v) is 6.22. The second-order valence-electron chi connectivity index (χ2n) is 5.36. The Morgan fingerprint density at radius 3 is 2.94 bits per heavy atom. The first-order valence-corrected chi connectivity index (χ1v) is 7.63. The van der Waals surface area contributed by atoms with E-state index < -0.39 is 0 Å². The molecule has 0 amide bonds. The Kier molecular flexibility index (Phi) is 5.22. The highest BCUT2D eigenvalue weighted by molar-refractivity contribution is 9.10. The van der Waals surface area contributed by atoms with E-state index in [4.69, 9.17) is 0 Å². The molecule has 3 heteroatoms. The lowest BCUT2D eigenvalue weighted by Crippen LogP contribution is -2.21. The Balaban J connectivity index is 1.78. The molecule has 1 aromatic carbocycles. The topological polar surface area (TPSA) is 15.3 Å². The first kappa shape index (κ1) is 14.0. The van der Waals surface area contributed by atoms with Crippen LogP contribution in [0.2, 0.25) is 0 Å². The van der Waals surface area contributed by atoms with Crippen LogP contribution in [-0.4, -0.2) is 32.1 Å². The summed E-state index contributed by atoms with van der Waals surface area (Å²) in [4.78, 5) is 2.25. The molecule has 18 heavy (non-hydrogen) atoms. The molecule has 2 nitrogen and oxygen atoms in total. The van der Waals surface area contributed by atoms with E-state index in [2.05, 4.69) is 58.4 Å². The third kappa shape index (κ3) is 3.56. The molecule has 0 bridgehead atoms. The number of benzene rings is 1. The van der Waals surface area contributed by atoms with Gasteiger partial charge in [0.15, 0.2) is 0 Å². The number of fused-ring (bicyclic) bond motifs is 1. The predicted octanol–water partition coefficient (Wildman–Crippen LogP) is 3.37. The van der Waals surface area contributed by atoms with Gasteiger partial charge < -0.3 is 10.2 Å². The molecule has 1 aromatic rings. The summed E-state index contributed by atoms with van der Waals surface area (Å²) >= 11 is 3.65. The van der Waals surface area contributed by atoms with Gasteiger partial charge in [0, 0.05) is 10.5 Å². The molecule has 0 saturated carbocycles. The van der Waals surface area contributed by atoms with Gasteiger partial charge in [-0.05, 0) is 70.1 Å². The smallest absolute Gasteiger partial charge is 0.0326 e. The zero-order valence-corrected chi connectivity index (χ0v) is 13.0. The third-order valence-electron chi connectivity index (χ3n) is 3.64. The summed E-state index contributed by atoms with van der Waals surface area (Å²) in [6.45, 7) is 2.32. The lowest BCUT2D eigenvalue weighted by atomic mass is 10.1. The lowest BCUT2D eigenvalue weighted by Gasteiger charge is -2.15. The van der Waals surface area contributed by atoms with Crippen LogP contribution in [0.4, 0.5) is 0 Å². The number of nitrogens with one attached hydrogen (secondary N) is 1. The molecule has 1 aliphatic carbocycles. The Morgan fingerprint density at radius 2 is 2.17 bits per heavy atom. The van der Waals surface area contributed by atoms with Crippen molar-refractivity contribution in [2.75, 3.05) is 27.2 Å². The molecule has 0 heterocycles. The minimum absolute atomic E-state index is 0.567. The van der Waals surface area contributed by atoms with E-state index in [0.717, 1.165) is 6.54 Å². The van der Waals surface area contributed by atoms with Crippen LogP contribution in [0.1, 0.15) is 36.4 Å². The van der Waals surface area contributed by atoms with E-state index in [9.17, 15) is 0 Å². The normalized spacial score (nSPS) is 18.3. The van der Waals surface area contributed by atoms with Crippen molar-refractivity contribution in [2.45, 2.75) is 31.7 Å². The van der Waals surface area contributed by atoms with E-state index in [0.29, 0.717) is 6.04 Å². The van der Waals surface area contributed by atoms with Gasteiger partial charge in [-0.3, -0.25) is 0 Å². The molecular formula is C15H23BrN2. The number of halogens is 1. The monoisotopic (exact) mass is 310 g/mol. The fraction of sp³-hybridized carbons (Fsp3) is 0.600. The highest BCUT2D eigenvalue weighted by Gasteiger charge is 2.22. The van der Waals surface area contributed by atoms with Crippen molar-refractivity contribution < 1.29 is 0 Å². The van der Waals surface area contributed by atoms with Gasteiger partial charge in [-0.2, -0.15) is 0 Å². The summed E-state index contributed by atoms with van der Waals surface area (Å²) in [5.74, 6) is 0. The average Bonchev–Trinajstić information content (AvgIpc) is 2.73. The first-order valence-electron chi connectivity index (χ1n) is 6.84. The maximum Gasteiger partial charge on any atom is 0.0326 e. The molecule has 0 spiro atoms. The number of rotatable bonds is 6. The quantitative estimate of drug-likeness (QED) is 0.810. The summed E-state index contributed by atoms with van der Waals surface area (Å²) in [6, 6.07) is 7.13. The Morgan fingerprint density at radius 1 is 1.33 bits per heavy atom. The van der Waals surface area contributed by atoms with Gasteiger partial charge in [0.25, 0.3) is 0 Å². The van der Waals surface area contributed by atoms with Crippen molar-refractivity contribution in [1.29, 1.82) is 0 Å². The number of hydrogen-bond acceptors (Lipinski definition) is 2. The van der Waals surface area contributed by atoms with Crippen molar-refractivity contribution in [1.82, 2.24) is 10.2 Å². The van der Waals surface area contributed by atoms with Gasteiger partial charge in [0.1, 0.15) is 0 Å². The van der Waals surface area contributed by atoms with Crippen LogP contribution in [0.5, 0.6) is 0 Å². The van der Waals surface area contributed by atoms with E-state index in [1.165, 1.54) is 47.8 Å². The van der Waals surface area contributed by atoms with Gasteiger partial charge in [-0.25, -0.2) is 0 Å². The van der Waals surface area contributed by atoms with Gasteiger partial charge in [0.2, 0.25) is 0 Å². The Labute approximate surface area is 119 Å². The van der Waals surface area contributed by atoms with Crippen molar-refractivity contribution in [2.24, 2.45) is 0 Å². The molecule has 0 fully saturated rings. The van der Waals surface area contributed by atoms with Gasteiger partial charge in [0.05, 0.1) is 0 Å². The standard InChI is InChI=1S/C15H23BrN2/c1-18(2)11-4-3-10-17-15-9-8-12-13(15)6-5-7-14(12)16/h5-7,15,17H,3-4,8-11H2,1-2H3. The molecule has 100 valence electrons. The number of hydrogen-bond donors (Lipinski definition) is 1. The van der Waals surface area contributed by atoms with E-state index in [1.807, 2.05) is 0 Å². The van der Waals surface area contributed by atoms with Crippen LogP contribution in [0.15, 0.2) is 22.7 Å². The molecule has 1 aliphatic rings. The first-order chi connectivity index (χ1) is 8.68. The zero-order chi connectivity index (χ0) is 13.0. The van der Waals surface area contributed by atoms with Crippen LogP contribution in [0.3, 0.4) is 0 Å². The largest absolute Gasteiger partial charge is 0.310 e. The summed E-state index contributed by atoms with van der Waals surface area (Å²) < 4.78 is 1.27. The number of nitrogens with zero attached hydrogens (tertiary/aromatic N) is 1. The molecule has 0 saturated heterocycles. The van der Waals surface area contributed by atoms with Crippen molar-refractivity contribution in [3.63, 3.8) is 0 Å². The van der Waals surface area contributed by atoms with Crippen LogP contribution in [-0.2, 0) is 6.42 Å². The Hall–Kier alpha value is -0.380. The summed E-state index contributed by atoms with van der Waals surface area (Å²) in [7, 11) is 4.27. The minimum Gasteiger partial charge on any atom is -0.310 e. The molecule has 1 unspecified atom stereocenters. The van der Waals surface area contributed by atoms with Crippen LogP contribution >= 0.6 is 15.9 Å². The summed E-state index contributed by atoms with van der Waals surface area (Å²) in [5, 5.41) is 3.70. The maximum absolute atomic E-state index is 3.70. The molecule has 0 radical (unpaired) electrons. The summed E-state index contributed by atoms with van der Waals surface area (Å²) in [5.41, 5.74) is 3.00. The fourth-order valence-electron chi connectivity index (χ4n) is 2.65. The molecule has 2 rings (SSSR count). The third-order valence-corrected chi connectivity index (χ3v) is 4.38. The molecule has 0 aliphatic heterocycles. The lowest BCUT2D eigenvalue weighted by molar-refractivity contribution is 0.387. The average molecular weight is 311 g/mol. The van der Waals surface area contributed by atoms with E-state index in [-0.39, 0.29) is 0 Å². The van der Waals surface area contributed by atoms with E-state index >= 15 is 0 Å². The zero-order valence-electron chi connectivity index (χ0n) is 11.4.